The molecule has 1 aromatic carbocycles. The summed E-state index contributed by atoms with van der Waals surface area (Å²) in [6, 6.07) is 4.74. The number of aromatic nitrogens is 2. The Morgan fingerprint density at radius 1 is 1.48 bits per heavy atom. The van der Waals surface area contributed by atoms with Crippen LogP contribution in [-0.2, 0) is 18.7 Å². The van der Waals surface area contributed by atoms with Crippen molar-refractivity contribution in [2.75, 3.05) is 19.8 Å². The first kappa shape index (κ1) is 25.7. The summed E-state index contributed by atoms with van der Waals surface area (Å²) in [5.41, 5.74) is 0.867. The molecule has 2 unspecified atom stereocenters. The van der Waals surface area contributed by atoms with Crippen LogP contribution in [0, 0.1) is 16.0 Å². The Kier molecular flexibility index (Phi) is 9.89. The lowest BCUT2D eigenvalue weighted by Crippen LogP contribution is -2.29. The van der Waals surface area contributed by atoms with Crippen LogP contribution >= 0.6 is 37.3 Å². The van der Waals surface area contributed by atoms with Crippen LogP contribution in [0.4, 0.5) is 5.69 Å². The van der Waals surface area contributed by atoms with E-state index in [9.17, 15) is 14.9 Å². The topological polar surface area (TPSA) is 114 Å². The van der Waals surface area contributed by atoms with Gasteiger partial charge in [0.1, 0.15) is 5.56 Å². The average Bonchev–Trinajstić information content (AvgIpc) is 3.12. The van der Waals surface area contributed by atoms with Crippen molar-refractivity contribution in [3.05, 3.63) is 44.5 Å². The molecular formula is C18H20BrCl2N3O6S. The van der Waals surface area contributed by atoms with Crippen molar-refractivity contribution in [1.82, 2.24) is 9.78 Å². The fourth-order valence-corrected chi connectivity index (χ4v) is 3.68. The van der Waals surface area contributed by atoms with Gasteiger partial charge >= 0.3 is 5.97 Å². The number of ether oxygens (including phenoxy) is 2. The first-order valence-electron chi connectivity index (χ1n) is 9.18. The highest BCUT2D eigenvalue weighted by molar-refractivity contribution is 9.10. The maximum atomic E-state index is 12.5. The Hall–Kier alpha value is -1.53. The maximum Gasteiger partial charge on any atom is 0.341 e. The first-order chi connectivity index (χ1) is 14.7. The van der Waals surface area contributed by atoms with Crippen molar-refractivity contribution in [2.24, 2.45) is 5.92 Å². The minimum absolute atomic E-state index is 0.0276. The normalized spacial score (nSPS) is 18.3. The molecule has 3 rings (SSSR count). The van der Waals surface area contributed by atoms with Crippen molar-refractivity contribution in [2.45, 2.75) is 26.3 Å². The summed E-state index contributed by atoms with van der Waals surface area (Å²) >= 11 is 3.27. The number of nitrogens with zero attached hydrogens (tertiary/aromatic N) is 3. The molecule has 1 aromatic heterocycles. The molecule has 9 nitrogen and oxygen atoms in total. The smallest absolute Gasteiger partial charge is 0.341 e. The zero-order valence-electron chi connectivity index (χ0n) is 16.6. The number of nitro benzene ring substituents is 1. The zero-order chi connectivity index (χ0) is 23.1. The monoisotopic (exact) mass is 555 g/mol. The predicted octanol–water partition coefficient (Wildman–Crippen LogP) is 5.04. The van der Waals surface area contributed by atoms with E-state index in [0.29, 0.717) is 35.4 Å². The van der Waals surface area contributed by atoms with E-state index in [-0.39, 0.29) is 29.8 Å². The SMILES string of the molecule is CCOC(=O)c1cnn(C2CCOCC2C)c1-c1ccc(Br)cc1[N+](=O)[O-].O=S(Cl)Cl. The van der Waals surface area contributed by atoms with E-state index < -0.39 is 20.1 Å². The number of esters is 1. The van der Waals surface area contributed by atoms with Crippen molar-refractivity contribution in [3.63, 3.8) is 0 Å². The second-order valence-electron chi connectivity index (χ2n) is 6.58. The van der Waals surface area contributed by atoms with Gasteiger partial charge in [0, 0.05) is 44.4 Å². The molecule has 1 saturated heterocycles. The van der Waals surface area contributed by atoms with Gasteiger partial charge in [-0.2, -0.15) is 5.10 Å². The molecule has 0 amide bonds. The molecule has 0 spiro atoms. The third-order valence-corrected chi connectivity index (χ3v) is 5.11. The van der Waals surface area contributed by atoms with Crippen molar-refractivity contribution < 1.29 is 23.4 Å². The quantitative estimate of drug-likeness (QED) is 0.219. The highest BCUT2D eigenvalue weighted by atomic mass is 79.9. The molecule has 0 radical (unpaired) electrons. The van der Waals surface area contributed by atoms with E-state index in [2.05, 4.69) is 42.4 Å². The van der Waals surface area contributed by atoms with Gasteiger partial charge in [-0.3, -0.25) is 14.8 Å². The van der Waals surface area contributed by atoms with Gasteiger partial charge in [0.15, 0.2) is 0 Å². The minimum atomic E-state index is -1.67. The molecule has 1 aliphatic heterocycles. The van der Waals surface area contributed by atoms with Gasteiger partial charge in [0.05, 0.1) is 41.6 Å². The minimum Gasteiger partial charge on any atom is -0.462 e. The Morgan fingerprint density at radius 2 is 2.16 bits per heavy atom. The van der Waals surface area contributed by atoms with E-state index in [4.69, 9.17) is 13.7 Å². The molecule has 2 heterocycles. The van der Waals surface area contributed by atoms with Gasteiger partial charge < -0.3 is 9.47 Å². The molecule has 0 aliphatic carbocycles. The van der Waals surface area contributed by atoms with Crippen LogP contribution in [0.3, 0.4) is 0 Å². The summed E-state index contributed by atoms with van der Waals surface area (Å²) in [6.07, 6.45) is 2.14. The number of carbonyl (C=O) groups excluding carboxylic acids is 1. The van der Waals surface area contributed by atoms with Gasteiger partial charge in [-0.15, -0.1) is 0 Å². The first-order valence-corrected chi connectivity index (χ1v) is 12.8. The number of hydrogen-bond donors (Lipinski definition) is 0. The van der Waals surface area contributed by atoms with Crippen molar-refractivity contribution in [3.8, 4) is 11.3 Å². The van der Waals surface area contributed by atoms with Crippen LogP contribution in [0.1, 0.15) is 36.7 Å². The summed E-state index contributed by atoms with van der Waals surface area (Å²) < 4.78 is 22.0. The van der Waals surface area contributed by atoms with Gasteiger partial charge in [0.2, 0.25) is 9.23 Å². The summed E-state index contributed by atoms with van der Waals surface area (Å²) in [6.45, 7) is 5.10. The molecule has 2 atom stereocenters. The van der Waals surface area contributed by atoms with Gasteiger partial charge in [-0.1, -0.05) is 22.9 Å². The maximum absolute atomic E-state index is 12.5. The molecule has 1 aliphatic rings. The number of hydrogen-bond acceptors (Lipinski definition) is 7. The Labute approximate surface area is 198 Å². The molecular weight excluding hydrogens is 537 g/mol. The number of carbonyl (C=O) groups is 1. The fourth-order valence-electron chi connectivity index (χ4n) is 3.33. The predicted molar refractivity (Wildman–Crippen MR) is 121 cm³/mol. The summed E-state index contributed by atoms with van der Waals surface area (Å²) in [5.74, 6) is -0.391. The van der Waals surface area contributed by atoms with Gasteiger partial charge in [-0.25, -0.2) is 9.00 Å². The fraction of sp³-hybridized carbons (Fsp3) is 0.444. The Balaban J connectivity index is 0.000000785. The van der Waals surface area contributed by atoms with E-state index in [1.807, 2.05) is 6.92 Å². The van der Waals surface area contributed by atoms with E-state index in [1.54, 1.807) is 23.7 Å². The molecule has 0 saturated carbocycles. The second-order valence-corrected chi connectivity index (χ2v) is 10.0. The van der Waals surface area contributed by atoms with Crippen LogP contribution in [0.25, 0.3) is 11.3 Å². The van der Waals surface area contributed by atoms with E-state index in [1.165, 1.54) is 12.3 Å². The van der Waals surface area contributed by atoms with Gasteiger partial charge in [0.25, 0.3) is 5.69 Å². The average molecular weight is 557 g/mol. The Bertz CT molecular complexity index is 970. The standard InChI is InChI=1S/C18H20BrN3O5.Cl2OS/c1-3-27-18(23)14-9-20-21(15-6-7-26-10-11(15)2)17(14)13-5-4-12(19)8-16(13)22(24)25;1-4(2)3/h4-5,8-9,11,15H,3,6-7,10H2,1-2H3;. The third kappa shape index (κ3) is 6.72. The lowest BCUT2D eigenvalue weighted by Gasteiger charge is -2.30. The highest BCUT2D eigenvalue weighted by Crippen LogP contribution is 2.38. The van der Waals surface area contributed by atoms with Gasteiger partial charge in [-0.05, 0) is 25.5 Å². The van der Waals surface area contributed by atoms with Crippen molar-refractivity contribution >= 4 is 58.2 Å². The summed E-state index contributed by atoms with van der Waals surface area (Å²) in [5, 5.41) is 16.1. The molecule has 170 valence electrons. The van der Waals surface area contributed by atoms with Crippen LogP contribution in [0.2, 0.25) is 0 Å². The second kappa shape index (κ2) is 11.9. The number of rotatable bonds is 5. The largest absolute Gasteiger partial charge is 0.462 e. The lowest BCUT2D eigenvalue weighted by molar-refractivity contribution is -0.384. The summed E-state index contributed by atoms with van der Waals surface area (Å²) in [4.78, 5) is 23.7. The summed E-state index contributed by atoms with van der Waals surface area (Å²) in [7, 11) is 7.36. The van der Waals surface area contributed by atoms with Crippen LogP contribution in [0.5, 0.6) is 0 Å². The molecule has 0 bridgehead atoms. The Morgan fingerprint density at radius 3 is 2.74 bits per heavy atom. The van der Waals surface area contributed by atoms with E-state index >= 15 is 0 Å². The number of benzene rings is 1. The van der Waals surface area contributed by atoms with Crippen LogP contribution in [-0.4, -0.2) is 44.7 Å². The zero-order valence-corrected chi connectivity index (χ0v) is 20.5. The highest BCUT2D eigenvalue weighted by Gasteiger charge is 2.32. The molecule has 13 heteroatoms. The molecule has 2 aromatic rings. The van der Waals surface area contributed by atoms with Crippen LogP contribution in [0.15, 0.2) is 28.9 Å². The lowest BCUT2D eigenvalue weighted by atomic mass is 9.96. The number of nitro groups is 1. The van der Waals surface area contributed by atoms with Crippen LogP contribution < -0.4 is 0 Å². The number of halogens is 3. The molecule has 1 fully saturated rings. The molecule has 31 heavy (non-hydrogen) atoms. The van der Waals surface area contributed by atoms with E-state index in [0.717, 1.165) is 0 Å². The third-order valence-electron chi connectivity index (χ3n) is 4.61. The molecule has 0 N–H and O–H groups in total. The van der Waals surface area contributed by atoms with Crippen molar-refractivity contribution in [1.29, 1.82) is 0 Å².